The van der Waals surface area contributed by atoms with Gasteiger partial charge < -0.3 is 19.5 Å². The zero-order valence-electron chi connectivity index (χ0n) is 19.5. The van der Waals surface area contributed by atoms with Gasteiger partial charge in [0, 0.05) is 11.6 Å². The standard InChI is InChI=1S/C25H28N2O6S/c1-18(23-16-21(32-3)13-14-24(23)33-4)26-25(28)17-27(19-9-8-10-20(15-19)31-2)34(29,30)22-11-6-5-7-12-22/h5-16,18H,17H2,1-4H3,(H,26,28)/t18-/m1/s1. The minimum atomic E-state index is -4.03. The first-order valence-electron chi connectivity index (χ1n) is 10.5. The highest BCUT2D eigenvalue weighted by Crippen LogP contribution is 2.30. The maximum absolute atomic E-state index is 13.5. The number of methoxy groups -OCH3 is 3. The highest BCUT2D eigenvalue weighted by Gasteiger charge is 2.28. The van der Waals surface area contributed by atoms with Crippen molar-refractivity contribution in [3.8, 4) is 17.2 Å². The van der Waals surface area contributed by atoms with Gasteiger partial charge in [0.15, 0.2) is 0 Å². The SMILES string of the molecule is COc1cccc(N(CC(=O)N[C@H](C)c2cc(OC)ccc2OC)S(=O)(=O)c2ccccc2)c1. The number of hydrogen-bond acceptors (Lipinski definition) is 6. The summed E-state index contributed by atoms with van der Waals surface area (Å²) in [7, 11) is 0.555. The summed E-state index contributed by atoms with van der Waals surface area (Å²) < 4.78 is 44.0. The Labute approximate surface area is 200 Å². The third-order valence-electron chi connectivity index (χ3n) is 5.24. The Morgan fingerprint density at radius 3 is 2.21 bits per heavy atom. The molecule has 0 aliphatic rings. The van der Waals surface area contributed by atoms with Gasteiger partial charge in [-0.05, 0) is 49.4 Å². The molecular weight excluding hydrogens is 456 g/mol. The second kappa shape index (κ2) is 10.9. The number of sulfonamides is 1. The quantitative estimate of drug-likeness (QED) is 0.471. The van der Waals surface area contributed by atoms with Crippen LogP contribution in [0.3, 0.4) is 0 Å². The summed E-state index contributed by atoms with van der Waals surface area (Å²) >= 11 is 0. The van der Waals surface area contributed by atoms with Crippen LogP contribution in [0, 0.1) is 0 Å². The molecule has 3 aromatic carbocycles. The molecule has 180 valence electrons. The van der Waals surface area contributed by atoms with E-state index in [2.05, 4.69) is 5.32 Å². The van der Waals surface area contributed by atoms with E-state index >= 15 is 0 Å². The van der Waals surface area contributed by atoms with Gasteiger partial charge in [0.05, 0.1) is 38.0 Å². The van der Waals surface area contributed by atoms with Crippen molar-refractivity contribution in [1.82, 2.24) is 5.32 Å². The Balaban J connectivity index is 1.92. The van der Waals surface area contributed by atoms with Gasteiger partial charge in [-0.25, -0.2) is 8.42 Å². The zero-order valence-corrected chi connectivity index (χ0v) is 20.3. The number of ether oxygens (including phenoxy) is 3. The number of carbonyl (C=O) groups is 1. The Morgan fingerprint density at radius 2 is 1.56 bits per heavy atom. The van der Waals surface area contributed by atoms with Crippen molar-refractivity contribution in [1.29, 1.82) is 0 Å². The predicted molar refractivity (Wildman–Crippen MR) is 130 cm³/mol. The molecule has 0 saturated carbocycles. The number of anilines is 1. The molecule has 34 heavy (non-hydrogen) atoms. The van der Waals surface area contributed by atoms with Gasteiger partial charge in [0.2, 0.25) is 5.91 Å². The molecule has 3 rings (SSSR count). The van der Waals surface area contributed by atoms with Crippen molar-refractivity contribution in [2.75, 3.05) is 32.2 Å². The summed E-state index contributed by atoms with van der Waals surface area (Å²) in [4.78, 5) is 13.2. The van der Waals surface area contributed by atoms with Crippen molar-refractivity contribution in [3.63, 3.8) is 0 Å². The van der Waals surface area contributed by atoms with Gasteiger partial charge in [0.25, 0.3) is 10.0 Å². The van der Waals surface area contributed by atoms with Crippen LogP contribution in [0.25, 0.3) is 0 Å². The number of benzene rings is 3. The number of nitrogens with one attached hydrogen (secondary N) is 1. The van der Waals surface area contributed by atoms with Crippen molar-refractivity contribution < 1.29 is 27.4 Å². The lowest BCUT2D eigenvalue weighted by Gasteiger charge is -2.25. The van der Waals surface area contributed by atoms with Crippen LogP contribution >= 0.6 is 0 Å². The normalized spacial score (nSPS) is 11.9. The van der Waals surface area contributed by atoms with Crippen molar-refractivity contribution >= 4 is 21.6 Å². The average molecular weight is 485 g/mol. The highest BCUT2D eigenvalue weighted by atomic mass is 32.2. The second-order valence-corrected chi connectivity index (χ2v) is 9.29. The fraction of sp³-hybridized carbons (Fsp3) is 0.240. The van der Waals surface area contributed by atoms with Gasteiger partial charge in [-0.3, -0.25) is 9.10 Å². The van der Waals surface area contributed by atoms with Gasteiger partial charge in [-0.15, -0.1) is 0 Å². The summed E-state index contributed by atoms with van der Waals surface area (Å²) in [6.07, 6.45) is 0. The van der Waals surface area contributed by atoms with Crippen LogP contribution in [0.1, 0.15) is 18.5 Å². The monoisotopic (exact) mass is 484 g/mol. The molecule has 0 aliphatic heterocycles. The van der Waals surface area contributed by atoms with Crippen LogP contribution in [0.5, 0.6) is 17.2 Å². The minimum absolute atomic E-state index is 0.0770. The number of nitrogens with zero attached hydrogens (tertiary/aromatic N) is 1. The maximum atomic E-state index is 13.5. The molecule has 0 unspecified atom stereocenters. The molecule has 0 fully saturated rings. The van der Waals surface area contributed by atoms with E-state index in [0.717, 1.165) is 4.31 Å². The number of carbonyl (C=O) groups excluding carboxylic acids is 1. The van der Waals surface area contributed by atoms with Crippen LogP contribution in [-0.2, 0) is 14.8 Å². The first-order chi connectivity index (χ1) is 16.3. The molecule has 1 N–H and O–H groups in total. The van der Waals surface area contributed by atoms with Crippen molar-refractivity contribution in [2.24, 2.45) is 0 Å². The van der Waals surface area contributed by atoms with Crippen LogP contribution in [0.15, 0.2) is 77.7 Å². The van der Waals surface area contributed by atoms with E-state index in [1.807, 2.05) is 0 Å². The molecule has 0 saturated heterocycles. The fourth-order valence-corrected chi connectivity index (χ4v) is 4.91. The smallest absolute Gasteiger partial charge is 0.264 e. The Bertz CT molecular complexity index is 1230. The van der Waals surface area contributed by atoms with E-state index in [4.69, 9.17) is 14.2 Å². The fourth-order valence-electron chi connectivity index (χ4n) is 3.47. The van der Waals surface area contributed by atoms with Crippen molar-refractivity contribution in [3.05, 3.63) is 78.4 Å². The molecule has 0 aromatic heterocycles. The Morgan fingerprint density at radius 1 is 0.882 bits per heavy atom. The van der Waals surface area contributed by atoms with Gasteiger partial charge in [-0.1, -0.05) is 24.3 Å². The number of rotatable bonds is 10. The first-order valence-corrected chi connectivity index (χ1v) is 12.0. The topological polar surface area (TPSA) is 94.2 Å². The van der Waals surface area contributed by atoms with E-state index in [1.165, 1.54) is 26.4 Å². The Hall–Kier alpha value is -3.72. The lowest BCUT2D eigenvalue weighted by Crippen LogP contribution is -2.41. The largest absolute Gasteiger partial charge is 0.497 e. The summed E-state index contributed by atoms with van der Waals surface area (Å²) in [6.45, 7) is 1.36. The first kappa shape index (κ1) is 24.9. The third-order valence-corrected chi connectivity index (χ3v) is 7.03. The van der Waals surface area contributed by atoms with Gasteiger partial charge in [0.1, 0.15) is 23.8 Å². The average Bonchev–Trinajstić information content (AvgIpc) is 2.87. The minimum Gasteiger partial charge on any atom is -0.497 e. The molecule has 3 aromatic rings. The molecule has 0 radical (unpaired) electrons. The molecule has 8 nitrogen and oxygen atoms in total. The molecule has 9 heteroatoms. The summed E-state index contributed by atoms with van der Waals surface area (Å²) in [5.74, 6) is 1.18. The maximum Gasteiger partial charge on any atom is 0.264 e. The second-order valence-electron chi connectivity index (χ2n) is 7.42. The van der Waals surface area contributed by atoms with E-state index < -0.39 is 28.5 Å². The van der Waals surface area contributed by atoms with E-state index in [-0.39, 0.29) is 4.90 Å². The summed E-state index contributed by atoms with van der Waals surface area (Å²) in [5, 5.41) is 2.86. The van der Waals surface area contributed by atoms with Crippen LogP contribution < -0.4 is 23.8 Å². The molecule has 0 heterocycles. The molecule has 0 spiro atoms. The van der Waals surface area contributed by atoms with E-state index in [9.17, 15) is 13.2 Å². The van der Waals surface area contributed by atoms with Gasteiger partial charge >= 0.3 is 0 Å². The van der Waals surface area contributed by atoms with Crippen molar-refractivity contribution in [2.45, 2.75) is 17.9 Å². The number of amides is 1. The summed E-state index contributed by atoms with van der Waals surface area (Å²) in [6, 6.07) is 19.3. The molecular formula is C25H28N2O6S. The molecule has 1 amide bonds. The molecule has 1 atom stereocenters. The van der Waals surface area contributed by atoms with E-state index in [1.54, 1.807) is 74.7 Å². The van der Waals surface area contributed by atoms with E-state index in [0.29, 0.717) is 28.5 Å². The lowest BCUT2D eigenvalue weighted by molar-refractivity contribution is -0.120. The van der Waals surface area contributed by atoms with Crippen LogP contribution in [0.2, 0.25) is 0 Å². The van der Waals surface area contributed by atoms with Gasteiger partial charge in [-0.2, -0.15) is 0 Å². The summed E-state index contributed by atoms with van der Waals surface area (Å²) in [5.41, 5.74) is 1.01. The lowest BCUT2D eigenvalue weighted by atomic mass is 10.1. The highest BCUT2D eigenvalue weighted by molar-refractivity contribution is 7.92. The zero-order chi connectivity index (χ0) is 24.7. The number of hydrogen-bond donors (Lipinski definition) is 1. The Kier molecular flexibility index (Phi) is 8.01. The molecule has 0 aliphatic carbocycles. The molecule has 0 bridgehead atoms. The predicted octanol–water partition coefficient (Wildman–Crippen LogP) is 3.79. The van der Waals surface area contributed by atoms with Crippen LogP contribution in [-0.4, -0.2) is 42.2 Å². The third kappa shape index (κ3) is 5.60. The van der Waals surface area contributed by atoms with Crippen LogP contribution in [0.4, 0.5) is 5.69 Å².